The number of hydrogen-bond donors (Lipinski definition) is 2. The van der Waals surface area contributed by atoms with Gasteiger partial charge in [-0.3, -0.25) is 19.7 Å². The summed E-state index contributed by atoms with van der Waals surface area (Å²) in [6.07, 6.45) is -4.21. The van der Waals surface area contributed by atoms with Crippen molar-refractivity contribution in [2.75, 3.05) is 10.6 Å². The maximum atomic E-state index is 13.0. The summed E-state index contributed by atoms with van der Waals surface area (Å²) in [5.74, 6) is -1.000. The Morgan fingerprint density at radius 2 is 1.75 bits per heavy atom. The second-order valence-corrected chi connectivity index (χ2v) is 9.17. The average Bonchev–Trinajstić information content (AvgIpc) is 2.83. The fraction of sp³-hybridized carbons (Fsp3) is 0.167. The predicted octanol–water partition coefficient (Wildman–Crippen LogP) is 7.03. The van der Waals surface area contributed by atoms with Crippen molar-refractivity contribution in [1.29, 1.82) is 0 Å². The lowest BCUT2D eigenvalue weighted by Crippen LogP contribution is -2.25. The largest absolute Gasteiger partial charge is 0.416 e. The summed E-state index contributed by atoms with van der Waals surface area (Å²) in [4.78, 5) is 36.1. The zero-order valence-electron chi connectivity index (χ0n) is 18.6. The van der Waals surface area contributed by atoms with E-state index in [0.717, 1.165) is 18.2 Å². The van der Waals surface area contributed by atoms with Gasteiger partial charge in [0.25, 0.3) is 11.6 Å². The van der Waals surface area contributed by atoms with Crippen LogP contribution in [0, 0.1) is 10.1 Å². The van der Waals surface area contributed by atoms with Crippen LogP contribution in [0.25, 0.3) is 0 Å². The van der Waals surface area contributed by atoms with E-state index in [0.29, 0.717) is 17.0 Å². The number of carbonyl (C=O) groups is 2. The summed E-state index contributed by atoms with van der Waals surface area (Å²) in [7, 11) is 0. The molecule has 3 aromatic carbocycles. The fourth-order valence-electron chi connectivity index (χ4n) is 3.08. The molecule has 36 heavy (non-hydrogen) atoms. The van der Waals surface area contributed by atoms with Gasteiger partial charge in [-0.25, -0.2) is 0 Å². The van der Waals surface area contributed by atoms with Gasteiger partial charge in [0.05, 0.1) is 26.4 Å². The number of anilines is 2. The lowest BCUT2D eigenvalue weighted by atomic mass is 10.2. The van der Waals surface area contributed by atoms with Crippen molar-refractivity contribution in [1.82, 2.24) is 0 Å². The van der Waals surface area contributed by atoms with Gasteiger partial charge in [0.1, 0.15) is 0 Å². The minimum absolute atomic E-state index is 0.0212. The minimum atomic E-state index is -4.58. The number of carbonyl (C=O) groups excluding carboxylic acids is 2. The molecule has 0 aliphatic carbocycles. The van der Waals surface area contributed by atoms with Gasteiger partial charge in [0.2, 0.25) is 5.91 Å². The highest BCUT2D eigenvalue weighted by molar-refractivity contribution is 8.00. The van der Waals surface area contributed by atoms with Gasteiger partial charge in [-0.1, -0.05) is 24.6 Å². The van der Waals surface area contributed by atoms with Gasteiger partial charge in [-0.05, 0) is 55.0 Å². The highest BCUT2D eigenvalue weighted by atomic mass is 35.5. The number of benzene rings is 3. The van der Waals surface area contributed by atoms with E-state index in [4.69, 9.17) is 11.6 Å². The van der Waals surface area contributed by atoms with Crippen LogP contribution in [0.3, 0.4) is 0 Å². The van der Waals surface area contributed by atoms with Gasteiger partial charge in [-0.2, -0.15) is 13.2 Å². The molecule has 0 bridgehead atoms. The summed E-state index contributed by atoms with van der Waals surface area (Å²) in [5.41, 5.74) is -0.554. The molecular formula is C24H19ClF3N3O4S. The number of nitrogens with zero attached hydrogens (tertiary/aromatic N) is 1. The number of non-ortho nitro benzene ring substituents is 1. The summed E-state index contributed by atoms with van der Waals surface area (Å²) < 4.78 is 39.1. The first-order valence-corrected chi connectivity index (χ1v) is 11.7. The number of nitro groups is 1. The average molecular weight is 538 g/mol. The molecule has 188 valence electrons. The number of amides is 2. The molecule has 0 aliphatic heterocycles. The van der Waals surface area contributed by atoms with Crippen molar-refractivity contribution in [3.63, 3.8) is 0 Å². The molecule has 3 aromatic rings. The molecule has 3 rings (SSSR count). The van der Waals surface area contributed by atoms with Crippen LogP contribution in [0.5, 0.6) is 0 Å². The lowest BCUT2D eigenvalue weighted by Gasteiger charge is -2.17. The number of nitro benzene ring substituents is 1. The van der Waals surface area contributed by atoms with E-state index in [1.165, 1.54) is 36.0 Å². The zero-order chi connectivity index (χ0) is 26.5. The van der Waals surface area contributed by atoms with Crippen LogP contribution >= 0.6 is 23.4 Å². The van der Waals surface area contributed by atoms with E-state index in [1.54, 1.807) is 31.2 Å². The molecule has 0 saturated carbocycles. The second-order valence-electron chi connectivity index (χ2n) is 7.48. The predicted molar refractivity (Wildman–Crippen MR) is 133 cm³/mol. The molecule has 2 N–H and O–H groups in total. The third-order valence-electron chi connectivity index (χ3n) is 4.93. The molecule has 0 radical (unpaired) electrons. The number of halogens is 4. The third kappa shape index (κ3) is 6.98. The first kappa shape index (κ1) is 27.0. The van der Waals surface area contributed by atoms with E-state index in [2.05, 4.69) is 10.6 Å². The van der Waals surface area contributed by atoms with Gasteiger partial charge < -0.3 is 10.6 Å². The van der Waals surface area contributed by atoms with Gasteiger partial charge in [0, 0.05) is 28.3 Å². The molecule has 0 spiro atoms. The van der Waals surface area contributed by atoms with Crippen molar-refractivity contribution in [2.45, 2.75) is 29.7 Å². The molecule has 0 heterocycles. The van der Waals surface area contributed by atoms with Gasteiger partial charge in [-0.15, -0.1) is 11.8 Å². The van der Waals surface area contributed by atoms with Crippen molar-refractivity contribution in [3.05, 3.63) is 93.0 Å². The molecule has 0 aliphatic rings. The molecule has 7 nitrogen and oxygen atoms in total. The molecule has 0 saturated heterocycles. The summed E-state index contributed by atoms with van der Waals surface area (Å²) in [6.45, 7) is 1.76. The first-order valence-electron chi connectivity index (χ1n) is 10.5. The third-order valence-corrected chi connectivity index (χ3v) is 6.61. The van der Waals surface area contributed by atoms with Crippen molar-refractivity contribution < 1.29 is 27.7 Å². The zero-order valence-corrected chi connectivity index (χ0v) is 20.2. The van der Waals surface area contributed by atoms with E-state index < -0.39 is 33.7 Å². The summed E-state index contributed by atoms with van der Waals surface area (Å²) in [5, 5.41) is 15.2. The van der Waals surface area contributed by atoms with Crippen LogP contribution in [-0.2, 0) is 11.0 Å². The summed E-state index contributed by atoms with van der Waals surface area (Å²) >= 11 is 7.15. The molecule has 1 unspecified atom stereocenters. The Kier molecular flexibility index (Phi) is 8.59. The normalized spacial score (nSPS) is 12.0. The van der Waals surface area contributed by atoms with Crippen LogP contribution in [-0.4, -0.2) is 22.0 Å². The lowest BCUT2D eigenvalue weighted by molar-refractivity contribution is -0.384. The van der Waals surface area contributed by atoms with E-state index in [9.17, 15) is 32.9 Å². The molecule has 1 atom stereocenters. The van der Waals surface area contributed by atoms with Crippen molar-refractivity contribution in [2.24, 2.45) is 0 Å². The first-order chi connectivity index (χ1) is 17.0. The number of nitrogens with one attached hydrogen (secondary N) is 2. The SMILES string of the molecule is CCC(Sc1cccc(NC(=O)c2ccc([N+](=O)[O-])cc2)c1)C(=O)Nc1cc(C(F)(F)F)ccc1Cl. The molecule has 2 amide bonds. The molecule has 12 heteroatoms. The highest BCUT2D eigenvalue weighted by Gasteiger charge is 2.31. The Balaban J connectivity index is 1.69. The van der Waals surface area contributed by atoms with Gasteiger partial charge >= 0.3 is 6.18 Å². The molecule has 0 aromatic heterocycles. The van der Waals surface area contributed by atoms with Gasteiger partial charge in [0.15, 0.2) is 0 Å². The Bertz CT molecular complexity index is 1290. The monoisotopic (exact) mass is 537 g/mol. The Morgan fingerprint density at radius 1 is 1.06 bits per heavy atom. The Hall–Kier alpha value is -3.57. The highest BCUT2D eigenvalue weighted by Crippen LogP contribution is 2.35. The molecule has 0 fully saturated rings. The summed E-state index contributed by atoms with van der Waals surface area (Å²) in [6, 6.07) is 14.5. The maximum Gasteiger partial charge on any atom is 0.416 e. The van der Waals surface area contributed by atoms with E-state index in [-0.39, 0.29) is 22.0 Å². The standard InChI is InChI=1S/C24H19ClF3N3O4S/c1-2-21(23(33)30-20-12-15(24(26,27)28)8-11-19(20)25)36-18-5-3-4-16(13-18)29-22(32)14-6-9-17(10-7-14)31(34)35/h3-13,21H,2H2,1H3,(H,29,32)(H,30,33). The topological polar surface area (TPSA) is 101 Å². The van der Waals surface area contributed by atoms with Crippen molar-refractivity contribution >= 4 is 52.2 Å². The quantitative estimate of drug-likeness (QED) is 0.182. The Morgan fingerprint density at radius 3 is 2.36 bits per heavy atom. The minimum Gasteiger partial charge on any atom is -0.324 e. The molecular weight excluding hydrogens is 519 g/mol. The van der Waals surface area contributed by atoms with Crippen LogP contribution < -0.4 is 10.6 Å². The number of rotatable bonds is 8. The van der Waals surface area contributed by atoms with Crippen LogP contribution in [0.15, 0.2) is 71.6 Å². The van der Waals surface area contributed by atoms with Crippen molar-refractivity contribution in [3.8, 4) is 0 Å². The van der Waals surface area contributed by atoms with E-state index in [1.807, 2.05) is 0 Å². The van der Waals surface area contributed by atoms with Crippen LogP contribution in [0.2, 0.25) is 5.02 Å². The maximum absolute atomic E-state index is 13.0. The fourth-order valence-corrected chi connectivity index (χ4v) is 4.26. The van der Waals surface area contributed by atoms with Crippen LogP contribution in [0.1, 0.15) is 29.3 Å². The number of hydrogen-bond acceptors (Lipinski definition) is 5. The Labute approximate surface area is 213 Å². The second kappa shape index (κ2) is 11.4. The van der Waals surface area contributed by atoms with Crippen LogP contribution in [0.4, 0.5) is 30.2 Å². The number of alkyl halides is 3. The smallest absolute Gasteiger partial charge is 0.324 e. The van der Waals surface area contributed by atoms with E-state index >= 15 is 0 Å². The number of thioether (sulfide) groups is 1.